The van der Waals surface area contributed by atoms with Crippen molar-refractivity contribution >= 4 is 21.9 Å². The number of carboxylic acids is 1. The minimum Gasteiger partial charge on any atom is -0.476 e. The zero-order chi connectivity index (χ0) is 13.1. The molecule has 1 heterocycles. The van der Waals surface area contributed by atoms with Gasteiger partial charge in [0.15, 0.2) is 5.69 Å². The first-order valence-electron chi connectivity index (χ1n) is 5.37. The van der Waals surface area contributed by atoms with Gasteiger partial charge in [-0.2, -0.15) is 0 Å². The molecule has 2 aromatic rings. The predicted octanol–water partition coefficient (Wildman–Crippen LogP) is 2.84. The van der Waals surface area contributed by atoms with E-state index in [4.69, 9.17) is 5.11 Å². The average Bonchev–Trinajstić information content (AvgIpc) is 2.34. The molecule has 4 nitrogen and oxygen atoms in total. The Labute approximate surface area is 113 Å². The molecule has 0 atom stereocenters. The van der Waals surface area contributed by atoms with E-state index in [0.717, 1.165) is 11.1 Å². The van der Waals surface area contributed by atoms with Crippen LogP contribution in [0.2, 0.25) is 0 Å². The van der Waals surface area contributed by atoms with Crippen molar-refractivity contribution < 1.29 is 9.90 Å². The second kappa shape index (κ2) is 5.27. The Hall–Kier alpha value is -1.75. The molecule has 0 aliphatic rings. The number of aromatic nitrogens is 2. The lowest BCUT2D eigenvalue weighted by atomic mass is 10.1. The minimum absolute atomic E-state index is 0.00594. The van der Waals surface area contributed by atoms with Crippen LogP contribution < -0.4 is 0 Å². The highest BCUT2D eigenvalue weighted by Gasteiger charge is 2.12. The van der Waals surface area contributed by atoms with Gasteiger partial charge in [0.2, 0.25) is 0 Å². The lowest BCUT2D eigenvalue weighted by molar-refractivity contribution is 0.0688. The van der Waals surface area contributed by atoms with Crippen molar-refractivity contribution in [1.82, 2.24) is 9.97 Å². The molecule has 0 aliphatic heterocycles. The molecule has 0 radical (unpaired) electrons. The fraction of sp³-hybridized carbons (Fsp3) is 0.154. The van der Waals surface area contributed by atoms with Gasteiger partial charge in [0.25, 0.3) is 0 Å². The molecule has 2 rings (SSSR count). The molecular formula is C13H11BrN2O2. The van der Waals surface area contributed by atoms with E-state index in [1.165, 1.54) is 6.20 Å². The van der Waals surface area contributed by atoms with Gasteiger partial charge in [-0.1, -0.05) is 24.3 Å². The second-order valence-electron chi connectivity index (χ2n) is 3.89. The molecule has 0 saturated heterocycles. The third-order valence-electron chi connectivity index (χ3n) is 2.61. The number of hydrogen-bond donors (Lipinski definition) is 1. The zero-order valence-corrected chi connectivity index (χ0v) is 11.3. The summed E-state index contributed by atoms with van der Waals surface area (Å²) in [6, 6.07) is 7.90. The summed E-state index contributed by atoms with van der Waals surface area (Å²) in [6.07, 6.45) is 2.00. The van der Waals surface area contributed by atoms with Crippen molar-refractivity contribution in [3.05, 3.63) is 57.6 Å². The van der Waals surface area contributed by atoms with Crippen LogP contribution in [0.5, 0.6) is 0 Å². The van der Waals surface area contributed by atoms with Gasteiger partial charge < -0.3 is 5.11 Å². The Balaban J connectivity index is 2.33. The van der Waals surface area contributed by atoms with E-state index in [2.05, 4.69) is 25.9 Å². The normalized spacial score (nSPS) is 10.3. The molecule has 0 spiro atoms. The number of rotatable bonds is 3. The van der Waals surface area contributed by atoms with Crippen LogP contribution in [0.1, 0.15) is 27.4 Å². The fourth-order valence-electron chi connectivity index (χ4n) is 1.62. The Kier molecular flexibility index (Phi) is 3.72. The van der Waals surface area contributed by atoms with Gasteiger partial charge in [0.1, 0.15) is 5.82 Å². The van der Waals surface area contributed by atoms with Gasteiger partial charge in [-0.05, 0) is 34.0 Å². The molecule has 0 aliphatic carbocycles. The van der Waals surface area contributed by atoms with E-state index in [0.29, 0.717) is 16.7 Å². The van der Waals surface area contributed by atoms with Crippen LogP contribution in [0.4, 0.5) is 0 Å². The smallest absolute Gasteiger partial charge is 0.355 e. The van der Waals surface area contributed by atoms with Crippen molar-refractivity contribution in [3.63, 3.8) is 0 Å². The number of carbonyl (C=O) groups is 1. The summed E-state index contributed by atoms with van der Waals surface area (Å²) in [7, 11) is 0. The van der Waals surface area contributed by atoms with Crippen molar-refractivity contribution in [1.29, 1.82) is 0 Å². The SMILES string of the molecule is Cc1ccccc1Cc1ncc(Br)c(C(=O)O)n1. The molecule has 0 saturated carbocycles. The summed E-state index contributed by atoms with van der Waals surface area (Å²) < 4.78 is 0.392. The summed E-state index contributed by atoms with van der Waals surface area (Å²) in [5.74, 6) is -0.555. The molecular weight excluding hydrogens is 296 g/mol. The Morgan fingerprint density at radius 3 is 2.78 bits per heavy atom. The lowest BCUT2D eigenvalue weighted by Crippen LogP contribution is -2.07. The maximum atomic E-state index is 11.0. The quantitative estimate of drug-likeness (QED) is 0.947. The van der Waals surface area contributed by atoms with E-state index in [1.807, 2.05) is 31.2 Å². The maximum absolute atomic E-state index is 11.0. The highest BCUT2D eigenvalue weighted by molar-refractivity contribution is 9.10. The summed E-state index contributed by atoms with van der Waals surface area (Å²) in [5.41, 5.74) is 2.23. The Morgan fingerprint density at radius 2 is 2.11 bits per heavy atom. The van der Waals surface area contributed by atoms with Crippen LogP contribution in [0.15, 0.2) is 34.9 Å². The zero-order valence-electron chi connectivity index (χ0n) is 9.72. The molecule has 1 aromatic heterocycles. The van der Waals surface area contributed by atoms with Gasteiger partial charge in [-0.25, -0.2) is 14.8 Å². The number of aryl methyl sites for hydroxylation is 1. The maximum Gasteiger partial charge on any atom is 0.355 e. The summed E-state index contributed by atoms with van der Waals surface area (Å²) in [4.78, 5) is 19.2. The summed E-state index contributed by atoms with van der Waals surface area (Å²) in [5, 5.41) is 8.99. The molecule has 0 unspecified atom stereocenters. The van der Waals surface area contributed by atoms with E-state index in [-0.39, 0.29) is 5.69 Å². The Morgan fingerprint density at radius 1 is 1.39 bits per heavy atom. The molecule has 0 bridgehead atoms. The van der Waals surface area contributed by atoms with E-state index >= 15 is 0 Å². The highest BCUT2D eigenvalue weighted by Crippen LogP contribution is 2.16. The number of hydrogen-bond acceptors (Lipinski definition) is 3. The van der Waals surface area contributed by atoms with Gasteiger partial charge in [0.05, 0.1) is 4.47 Å². The first-order valence-corrected chi connectivity index (χ1v) is 6.16. The third kappa shape index (κ3) is 2.73. The van der Waals surface area contributed by atoms with Crippen LogP contribution in [0.3, 0.4) is 0 Å². The Bertz CT molecular complexity index is 599. The number of carboxylic acid groups (broad SMARTS) is 1. The highest BCUT2D eigenvalue weighted by atomic mass is 79.9. The van der Waals surface area contributed by atoms with Crippen LogP contribution in [0.25, 0.3) is 0 Å². The molecule has 92 valence electrons. The fourth-order valence-corrected chi connectivity index (χ4v) is 1.98. The summed E-state index contributed by atoms with van der Waals surface area (Å²) >= 11 is 3.13. The number of benzene rings is 1. The first kappa shape index (κ1) is 12.7. The van der Waals surface area contributed by atoms with Crippen molar-refractivity contribution in [2.75, 3.05) is 0 Å². The largest absolute Gasteiger partial charge is 0.476 e. The van der Waals surface area contributed by atoms with Crippen molar-refractivity contribution in [2.24, 2.45) is 0 Å². The number of aromatic carboxylic acids is 1. The van der Waals surface area contributed by atoms with Gasteiger partial charge >= 0.3 is 5.97 Å². The van der Waals surface area contributed by atoms with E-state index in [9.17, 15) is 4.79 Å². The van der Waals surface area contributed by atoms with Crippen LogP contribution in [-0.2, 0) is 6.42 Å². The predicted molar refractivity (Wildman–Crippen MR) is 70.7 cm³/mol. The first-order chi connectivity index (χ1) is 8.58. The molecule has 1 aromatic carbocycles. The second-order valence-corrected chi connectivity index (χ2v) is 4.75. The van der Waals surface area contributed by atoms with Crippen LogP contribution in [-0.4, -0.2) is 21.0 Å². The van der Waals surface area contributed by atoms with Gasteiger partial charge in [0, 0.05) is 12.6 Å². The number of nitrogens with zero attached hydrogens (tertiary/aromatic N) is 2. The van der Waals surface area contributed by atoms with Crippen LogP contribution in [0, 0.1) is 6.92 Å². The van der Waals surface area contributed by atoms with Crippen LogP contribution >= 0.6 is 15.9 Å². The lowest BCUT2D eigenvalue weighted by Gasteiger charge is -2.05. The van der Waals surface area contributed by atoms with Gasteiger partial charge in [-0.3, -0.25) is 0 Å². The number of halogens is 1. The van der Waals surface area contributed by atoms with Crippen molar-refractivity contribution in [2.45, 2.75) is 13.3 Å². The average molecular weight is 307 g/mol. The van der Waals surface area contributed by atoms with E-state index in [1.54, 1.807) is 0 Å². The van der Waals surface area contributed by atoms with Crippen molar-refractivity contribution in [3.8, 4) is 0 Å². The molecule has 18 heavy (non-hydrogen) atoms. The standard InChI is InChI=1S/C13H11BrN2O2/c1-8-4-2-3-5-9(8)6-11-15-7-10(14)12(16-11)13(17)18/h2-5,7H,6H2,1H3,(H,17,18). The molecule has 1 N–H and O–H groups in total. The van der Waals surface area contributed by atoms with E-state index < -0.39 is 5.97 Å². The topological polar surface area (TPSA) is 63.1 Å². The molecule has 5 heteroatoms. The summed E-state index contributed by atoms with van der Waals surface area (Å²) in [6.45, 7) is 2.01. The van der Waals surface area contributed by atoms with Gasteiger partial charge in [-0.15, -0.1) is 0 Å². The third-order valence-corrected chi connectivity index (χ3v) is 3.19. The monoisotopic (exact) mass is 306 g/mol. The minimum atomic E-state index is -1.06. The molecule has 0 fully saturated rings. The molecule has 0 amide bonds.